The Kier molecular flexibility index (Phi) is 15.6. The molecule has 0 atom stereocenters. The van der Waals surface area contributed by atoms with E-state index in [1.807, 2.05) is 0 Å². The molecule has 0 amide bonds. The van der Waals surface area contributed by atoms with E-state index in [1.54, 1.807) is 0 Å². The topological polar surface area (TPSA) is 17.1 Å². The summed E-state index contributed by atoms with van der Waals surface area (Å²) in [5.74, 6) is 0. The molecule has 0 unspecified atom stereocenters. The van der Waals surface area contributed by atoms with Gasteiger partial charge in [0, 0.05) is 0 Å². The monoisotopic (exact) mass is 303 g/mol. The number of unbranched alkanes of at least 4 members (excludes halogenated alkanes) is 12. The van der Waals surface area contributed by atoms with Crippen molar-refractivity contribution in [1.82, 2.24) is 0 Å². The van der Waals surface area contributed by atoms with E-state index in [2.05, 4.69) is 6.92 Å². The molecule has 0 bridgehead atoms. The van der Waals surface area contributed by atoms with Gasteiger partial charge in [0.1, 0.15) is 0 Å². The van der Waals surface area contributed by atoms with Crippen LogP contribution >= 0.6 is 0 Å². The summed E-state index contributed by atoms with van der Waals surface area (Å²) in [5, 5.41) is 0. The summed E-state index contributed by atoms with van der Waals surface area (Å²) in [6, 6.07) is 0. The molecule has 0 aromatic heterocycles. The Balaban J connectivity index is 2.92. The number of carbonyl (C=O) groups is 1. The van der Waals surface area contributed by atoms with Crippen molar-refractivity contribution in [2.45, 2.75) is 96.8 Å². The molecule has 0 fully saturated rings. The maximum absolute atomic E-state index is 10.8. The van der Waals surface area contributed by atoms with Crippen molar-refractivity contribution in [3.8, 4) is 0 Å². The van der Waals surface area contributed by atoms with Crippen molar-refractivity contribution < 1.29 is 23.1 Å². The van der Waals surface area contributed by atoms with Crippen LogP contribution in [0.2, 0.25) is 0 Å². The van der Waals surface area contributed by atoms with Crippen LogP contribution in [-0.2, 0) is 23.1 Å². The van der Waals surface area contributed by atoms with Crippen LogP contribution in [0, 0.1) is 0 Å². The predicted octanol–water partition coefficient (Wildman–Crippen LogP) is 5.54. The molecule has 18 heavy (non-hydrogen) atoms. The zero-order chi connectivity index (χ0) is 13.5. The zero-order valence-electron chi connectivity index (χ0n) is 12.5. The van der Waals surface area contributed by atoms with Gasteiger partial charge in [0.25, 0.3) is 0 Å². The van der Waals surface area contributed by atoms with Crippen LogP contribution in [-0.4, -0.2) is 4.38 Å². The second-order valence-electron chi connectivity index (χ2n) is 5.53. The predicted molar refractivity (Wildman–Crippen MR) is 75.3 cm³/mol. The Morgan fingerprint density at radius 2 is 1.00 bits per heavy atom. The Hall–Kier alpha value is 0.293. The summed E-state index contributed by atoms with van der Waals surface area (Å²) in [6.07, 6.45) is 18.8. The molecule has 0 spiro atoms. The molecule has 0 saturated carbocycles. The summed E-state index contributed by atoms with van der Waals surface area (Å²) in [4.78, 5) is 10.8. The summed E-state index contributed by atoms with van der Waals surface area (Å²) in [7, 11) is 0. The number of hydrogen-bond donors (Lipinski definition) is 0. The van der Waals surface area contributed by atoms with Gasteiger partial charge in [-0.3, -0.25) is 0 Å². The van der Waals surface area contributed by atoms with E-state index >= 15 is 0 Å². The molecule has 2 heteroatoms. The van der Waals surface area contributed by atoms with Crippen molar-refractivity contribution >= 4 is 4.38 Å². The van der Waals surface area contributed by atoms with Crippen molar-refractivity contribution in [3.63, 3.8) is 0 Å². The third-order valence-electron chi connectivity index (χ3n) is 3.56. The first-order valence-corrected chi connectivity index (χ1v) is 9.60. The van der Waals surface area contributed by atoms with Gasteiger partial charge in [-0.2, -0.15) is 0 Å². The van der Waals surface area contributed by atoms with Gasteiger partial charge in [-0.25, -0.2) is 0 Å². The van der Waals surface area contributed by atoms with Gasteiger partial charge in [0.15, 0.2) is 0 Å². The van der Waals surface area contributed by atoms with E-state index in [4.69, 9.17) is 0 Å². The van der Waals surface area contributed by atoms with Gasteiger partial charge in [0.2, 0.25) is 0 Å². The van der Waals surface area contributed by atoms with Crippen molar-refractivity contribution in [3.05, 3.63) is 0 Å². The van der Waals surface area contributed by atoms with E-state index in [9.17, 15) is 4.79 Å². The van der Waals surface area contributed by atoms with Gasteiger partial charge >= 0.3 is 98.1 Å². The summed E-state index contributed by atoms with van der Waals surface area (Å²) < 4.78 is 0.470. The van der Waals surface area contributed by atoms with Crippen molar-refractivity contribution in [2.75, 3.05) is 0 Å². The second kappa shape index (κ2) is 15.4. The summed E-state index contributed by atoms with van der Waals surface area (Å²) in [6.45, 7) is 2.28. The molecule has 0 saturated heterocycles. The number of hydrogen-bond acceptors (Lipinski definition) is 1. The minimum absolute atomic E-state index is 0.470. The fourth-order valence-electron chi connectivity index (χ4n) is 2.34. The van der Waals surface area contributed by atoms with E-state index < -0.39 is 0 Å². The molecule has 0 N–H and O–H groups in total. The third kappa shape index (κ3) is 16.3. The van der Waals surface area contributed by atoms with Crippen molar-refractivity contribution in [1.29, 1.82) is 0 Å². The first-order chi connectivity index (χ1) is 8.77. The second-order valence-corrected chi connectivity index (χ2v) is 7.19. The van der Waals surface area contributed by atoms with E-state index in [0.29, 0.717) is 4.38 Å². The Morgan fingerprint density at radius 1 is 0.667 bits per heavy atom. The Bertz CT molecular complexity index is 180. The van der Waals surface area contributed by atoms with Crippen LogP contribution in [0.15, 0.2) is 0 Å². The van der Waals surface area contributed by atoms with Crippen LogP contribution in [0.3, 0.4) is 0 Å². The Labute approximate surface area is 124 Å². The van der Waals surface area contributed by atoms with Crippen LogP contribution in [0.5, 0.6) is 0 Å². The fourth-order valence-corrected chi connectivity index (χ4v) is 2.86. The molecular weight excluding hydrogens is 274 g/mol. The van der Waals surface area contributed by atoms with Gasteiger partial charge in [-0.1, -0.05) is 26.2 Å². The van der Waals surface area contributed by atoms with Gasteiger partial charge in [0.05, 0.1) is 0 Å². The summed E-state index contributed by atoms with van der Waals surface area (Å²) in [5.41, 5.74) is 0. The SMILES string of the molecule is CCCCCCCCCCCCCCC[C](=O)[Zn]. The quantitative estimate of drug-likeness (QED) is 0.304. The molecular formula is C16H31OZn. The first kappa shape index (κ1) is 18.3. The molecule has 0 aromatic rings. The number of carbonyl (C=O) groups excluding carboxylic acids is 1. The van der Waals surface area contributed by atoms with E-state index in [0.717, 1.165) is 31.1 Å². The maximum atomic E-state index is 10.8. The standard InChI is InChI=1S/C16H31O.Zn/c1-2-3-4-5-6-7-8-9-10-11-12-13-14-15-16-17;/h2-15H2,1H3;. The van der Waals surface area contributed by atoms with Crippen LogP contribution in [0.1, 0.15) is 96.8 Å². The van der Waals surface area contributed by atoms with E-state index in [-0.39, 0.29) is 0 Å². The van der Waals surface area contributed by atoms with Crippen molar-refractivity contribution in [2.24, 2.45) is 0 Å². The molecule has 0 heterocycles. The minimum atomic E-state index is 0.470. The molecule has 0 radical (unpaired) electrons. The number of rotatable bonds is 14. The fraction of sp³-hybridized carbons (Fsp3) is 0.938. The van der Waals surface area contributed by atoms with Gasteiger partial charge in [-0.05, 0) is 0 Å². The zero-order valence-corrected chi connectivity index (χ0v) is 15.5. The molecule has 1 nitrogen and oxygen atoms in total. The van der Waals surface area contributed by atoms with Gasteiger partial charge < -0.3 is 0 Å². The van der Waals surface area contributed by atoms with Crippen LogP contribution in [0.25, 0.3) is 0 Å². The first-order valence-electron chi connectivity index (χ1n) is 8.12. The average molecular weight is 305 g/mol. The molecule has 103 valence electrons. The van der Waals surface area contributed by atoms with Crippen LogP contribution < -0.4 is 0 Å². The average Bonchev–Trinajstić information content (AvgIpc) is 2.34. The Morgan fingerprint density at radius 3 is 1.33 bits per heavy atom. The molecule has 0 rings (SSSR count). The summed E-state index contributed by atoms with van der Waals surface area (Å²) >= 11 is 0.845. The van der Waals surface area contributed by atoms with Gasteiger partial charge in [-0.15, -0.1) is 0 Å². The molecule has 0 aliphatic rings. The molecule has 0 aromatic carbocycles. The molecule has 0 aliphatic heterocycles. The third-order valence-corrected chi connectivity index (χ3v) is 4.30. The van der Waals surface area contributed by atoms with E-state index in [1.165, 1.54) is 77.0 Å². The molecule has 0 aliphatic carbocycles. The van der Waals surface area contributed by atoms with Crippen LogP contribution in [0.4, 0.5) is 0 Å². The normalized spacial score (nSPS) is 10.8.